The normalized spacial score (nSPS) is 11.9. The molecule has 0 saturated carbocycles. The molecule has 0 aliphatic heterocycles. The summed E-state index contributed by atoms with van der Waals surface area (Å²) in [6.07, 6.45) is -0.909. The fourth-order valence-corrected chi connectivity index (χ4v) is 3.62. The third-order valence-corrected chi connectivity index (χ3v) is 5.08. The highest BCUT2D eigenvalue weighted by Crippen LogP contribution is 2.29. The van der Waals surface area contributed by atoms with Gasteiger partial charge >= 0.3 is 5.97 Å². The zero-order valence-electron chi connectivity index (χ0n) is 16.9. The summed E-state index contributed by atoms with van der Waals surface area (Å²) >= 11 is 0. The Labute approximate surface area is 175 Å². The Kier molecular flexibility index (Phi) is 5.48. The van der Waals surface area contributed by atoms with E-state index in [1.807, 2.05) is 55.5 Å². The maximum absolute atomic E-state index is 13.2. The van der Waals surface area contributed by atoms with E-state index in [9.17, 15) is 9.59 Å². The average molecular weight is 398 g/mol. The van der Waals surface area contributed by atoms with Crippen molar-refractivity contribution in [3.05, 3.63) is 90.0 Å². The fraction of sp³-hybridized carbons (Fsp3) is 0.154. The van der Waals surface area contributed by atoms with Gasteiger partial charge in [0, 0.05) is 5.56 Å². The summed E-state index contributed by atoms with van der Waals surface area (Å²) in [5.41, 5.74) is 0.955. The number of ether oxygens (including phenoxy) is 2. The van der Waals surface area contributed by atoms with Crippen LogP contribution in [0.2, 0.25) is 0 Å². The molecule has 0 spiro atoms. The highest BCUT2D eigenvalue weighted by atomic mass is 16.5. The molecule has 0 saturated heterocycles. The Balaban J connectivity index is 1.64. The van der Waals surface area contributed by atoms with Crippen LogP contribution in [-0.2, 0) is 4.74 Å². The van der Waals surface area contributed by atoms with Gasteiger partial charge in [-0.1, -0.05) is 48.5 Å². The molecule has 4 nitrogen and oxygen atoms in total. The van der Waals surface area contributed by atoms with Gasteiger partial charge in [0.05, 0.1) is 12.2 Å². The minimum atomic E-state index is -0.909. The number of carbonyl (C=O) groups excluding carboxylic acids is 2. The molecule has 0 amide bonds. The lowest BCUT2D eigenvalue weighted by Gasteiger charge is -2.15. The molecule has 0 heterocycles. The molecule has 0 bridgehead atoms. The first-order chi connectivity index (χ1) is 14.6. The van der Waals surface area contributed by atoms with Crippen LogP contribution < -0.4 is 4.74 Å². The average Bonchev–Trinajstić information content (AvgIpc) is 2.77. The van der Waals surface area contributed by atoms with E-state index in [0.29, 0.717) is 23.5 Å². The first-order valence-corrected chi connectivity index (χ1v) is 9.97. The van der Waals surface area contributed by atoms with Gasteiger partial charge in [-0.2, -0.15) is 0 Å². The summed E-state index contributed by atoms with van der Waals surface area (Å²) in [4.78, 5) is 26.0. The Morgan fingerprint density at radius 1 is 0.833 bits per heavy atom. The van der Waals surface area contributed by atoms with E-state index >= 15 is 0 Å². The number of Topliss-reactive ketones (excluding diaryl/α,β-unsaturated/α-hetero) is 1. The van der Waals surface area contributed by atoms with Crippen LogP contribution in [0.15, 0.2) is 78.9 Å². The SMILES string of the molecule is CCOc1ccc(C(=O)[C@@H](C)OC(=O)c2c3ccccc3cc3ccccc23)cc1. The van der Waals surface area contributed by atoms with Crippen LogP contribution in [-0.4, -0.2) is 24.5 Å². The van der Waals surface area contributed by atoms with Gasteiger partial charge in [0.25, 0.3) is 0 Å². The summed E-state index contributed by atoms with van der Waals surface area (Å²) in [5.74, 6) is -0.0633. The minimum absolute atomic E-state index is 0.254. The molecule has 4 aromatic rings. The lowest BCUT2D eigenvalue weighted by atomic mass is 9.97. The van der Waals surface area contributed by atoms with Gasteiger partial charge in [0.1, 0.15) is 5.75 Å². The highest BCUT2D eigenvalue weighted by molar-refractivity contribution is 6.17. The lowest BCUT2D eigenvalue weighted by Crippen LogP contribution is -2.24. The summed E-state index contributed by atoms with van der Waals surface area (Å²) in [7, 11) is 0. The van der Waals surface area contributed by atoms with Gasteiger partial charge in [-0.05, 0) is 65.7 Å². The van der Waals surface area contributed by atoms with Crippen LogP contribution in [0.4, 0.5) is 0 Å². The third kappa shape index (κ3) is 3.77. The minimum Gasteiger partial charge on any atom is -0.494 e. The largest absolute Gasteiger partial charge is 0.494 e. The van der Waals surface area contributed by atoms with Crippen molar-refractivity contribution in [2.45, 2.75) is 20.0 Å². The fourth-order valence-electron chi connectivity index (χ4n) is 3.62. The van der Waals surface area contributed by atoms with E-state index < -0.39 is 12.1 Å². The van der Waals surface area contributed by atoms with Crippen molar-refractivity contribution in [3.8, 4) is 5.75 Å². The van der Waals surface area contributed by atoms with E-state index in [0.717, 1.165) is 21.5 Å². The molecular formula is C26H22O4. The van der Waals surface area contributed by atoms with Gasteiger partial charge in [-0.25, -0.2) is 4.79 Å². The van der Waals surface area contributed by atoms with Crippen LogP contribution in [0.25, 0.3) is 21.5 Å². The number of benzene rings is 4. The molecule has 4 aromatic carbocycles. The number of hydrogen-bond acceptors (Lipinski definition) is 4. The van der Waals surface area contributed by atoms with Crippen LogP contribution in [0.5, 0.6) is 5.75 Å². The van der Waals surface area contributed by atoms with E-state index in [4.69, 9.17) is 9.47 Å². The van der Waals surface area contributed by atoms with Crippen molar-refractivity contribution in [3.63, 3.8) is 0 Å². The quantitative estimate of drug-likeness (QED) is 0.233. The van der Waals surface area contributed by atoms with E-state index in [1.54, 1.807) is 31.2 Å². The highest BCUT2D eigenvalue weighted by Gasteiger charge is 2.23. The van der Waals surface area contributed by atoms with E-state index in [2.05, 4.69) is 6.07 Å². The monoisotopic (exact) mass is 398 g/mol. The molecule has 4 heteroatoms. The molecule has 1 atom stereocenters. The predicted molar refractivity (Wildman–Crippen MR) is 118 cm³/mol. The van der Waals surface area contributed by atoms with Crippen LogP contribution in [0.1, 0.15) is 34.6 Å². The maximum Gasteiger partial charge on any atom is 0.340 e. The molecule has 4 rings (SSSR count). The molecule has 0 unspecified atom stereocenters. The predicted octanol–water partition coefficient (Wildman–Crippen LogP) is 5.82. The number of ketones is 1. The topological polar surface area (TPSA) is 52.6 Å². The molecule has 0 radical (unpaired) electrons. The first-order valence-electron chi connectivity index (χ1n) is 9.97. The van der Waals surface area contributed by atoms with Gasteiger partial charge in [-0.3, -0.25) is 4.79 Å². The molecule has 30 heavy (non-hydrogen) atoms. The van der Waals surface area contributed by atoms with Gasteiger partial charge in [-0.15, -0.1) is 0 Å². The molecule has 0 aliphatic rings. The second kappa shape index (κ2) is 8.37. The number of carbonyl (C=O) groups is 2. The maximum atomic E-state index is 13.2. The Morgan fingerprint density at radius 3 is 1.97 bits per heavy atom. The Hall–Kier alpha value is -3.66. The number of fused-ring (bicyclic) bond motifs is 2. The van der Waals surface area contributed by atoms with Crippen molar-refractivity contribution in [1.82, 2.24) is 0 Å². The molecule has 0 N–H and O–H groups in total. The summed E-state index contributed by atoms with van der Waals surface area (Å²) < 4.78 is 11.0. The lowest BCUT2D eigenvalue weighted by molar-refractivity contribution is 0.0322. The second-order valence-corrected chi connectivity index (χ2v) is 7.06. The van der Waals surface area contributed by atoms with Crippen molar-refractivity contribution in [2.75, 3.05) is 6.61 Å². The van der Waals surface area contributed by atoms with Crippen molar-refractivity contribution in [1.29, 1.82) is 0 Å². The molecular weight excluding hydrogens is 376 g/mol. The second-order valence-electron chi connectivity index (χ2n) is 7.06. The number of rotatable bonds is 6. The van der Waals surface area contributed by atoms with Gasteiger partial charge in [0.15, 0.2) is 6.10 Å². The molecule has 150 valence electrons. The van der Waals surface area contributed by atoms with E-state index in [1.165, 1.54) is 0 Å². The van der Waals surface area contributed by atoms with Crippen LogP contribution in [0.3, 0.4) is 0 Å². The van der Waals surface area contributed by atoms with Crippen LogP contribution >= 0.6 is 0 Å². The summed E-state index contributed by atoms with van der Waals surface area (Å²) in [6, 6.07) is 24.3. The van der Waals surface area contributed by atoms with Gasteiger partial charge in [0.2, 0.25) is 5.78 Å². The van der Waals surface area contributed by atoms with Crippen LogP contribution in [0, 0.1) is 0 Å². The smallest absolute Gasteiger partial charge is 0.340 e. The van der Waals surface area contributed by atoms with Crippen molar-refractivity contribution < 1.29 is 19.1 Å². The number of hydrogen-bond donors (Lipinski definition) is 0. The Morgan fingerprint density at radius 2 is 1.40 bits per heavy atom. The molecule has 0 aromatic heterocycles. The summed E-state index contributed by atoms with van der Waals surface area (Å²) in [5, 5.41) is 3.52. The number of esters is 1. The zero-order chi connectivity index (χ0) is 21.1. The van der Waals surface area contributed by atoms with Crippen molar-refractivity contribution in [2.24, 2.45) is 0 Å². The Bertz CT molecular complexity index is 1170. The molecule has 0 fully saturated rings. The molecule has 0 aliphatic carbocycles. The summed E-state index contributed by atoms with van der Waals surface area (Å²) in [6.45, 7) is 4.06. The standard InChI is InChI=1S/C26H22O4/c1-3-29-21-14-12-18(13-15-21)25(27)17(2)30-26(28)24-22-10-6-4-8-19(22)16-20-9-5-7-11-23(20)24/h4-17H,3H2,1-2H3/t17-/m1/s1. The van der Waals surface area contributed by atoms with E-state index in [-0.39, 0.29) is 5.78 Å². The van der Waals surface area contributed by atoms with Gasteiger partial charge < -0.3 is 9.47 Å². The third-order valence-electron chi connectivity index (χ3n) is 5.08. The first kappa shape index (κ1) is 19.6. The van der Waals surface area contributed by atoms with Crippen molar-refractivity contribution >= 4 is 33.3 Å². The zero-order valence-corrected chi connectivity index (χ0v) is 16.9.